The fourth-order valence-corrected chi connectivity index (χ4v) is 3.27. The topological polar surface area (TPSA) is 70.7 Å². The Morgan fingerprint density at radius 1 is 1.04 bits per heavy atom. The first-order chi connectivity index (χ1) is 13.6. The van der Waals surface area contributed by atoms with Gasteiger partial charge in [0.2, 0.25) is 0 Å². The number of carbonyl (C=O) groups is 1. The summed E-state index contributed by atoms with van der Waals surface area (Å²) in [5, 5.41) is 3.37. The van der Waals surface area contributed by atoms with E-state index in [0.29, 0.717) is 27.8 Å². The highest BCUT2D eigenvalue weighted by Crippen LogP contribution is 2.30. The highest BCUT2D eigenvalue weighted by atomic mass is 79.9. The van der Waals surface area contributed by atoms with Crippen molar-refractivity contribution in [2.75, 3.05) is 5.32 Å². The van der Waals surface area contributed by atoms with E-state index in [9.17, 15) is 4.79 Å². The molecule has 4 rings (SSSR count). The van der Waals surface area contributed by atoms with Crippen LogP contribution in [-0.2, 0) is 0 Å². The maximum absolute atomic E-state index is 12.4. The highest BCUT2D eigenvalue weighted by Gasteiger charge is 2.13. The van der Waals surface area contributed by atoms with Crippen LogP contribution < -0.4 is 5.32 Å². The summed E-state index contributed by atoms with van der Waals surface area (Å²) >= 11 is 9.71. The normalized spacial score (nSPS) is 10.6. The molecule has 0 aliphatic heterocycles. The molecule has 7 heteroatoms. The quantitative estimate of drug-likeness (QED) is 0.410. The maximum Gasteiger partial charge on any atom is 0.274 e. The number of halogens is 2. The van der Waals surface area contributed by atoms with Crippen LogP contribution >= 0.6 is 27.5 Å². The second kappa shape index (κ2) is 7.96. The zero-order valence-electron chi connectivity index (χ0n) is 14.5. The number of H-pyrrole nitrogens is 1. The van der Waals surface area contributed by atoms with Crippen LogP contribution in [0.15, 0.2) is 77.5 Å². The molecule has 2 heterocycles. The molecule has 28 heavy (non-hydrogen) atoms. The van der Waals surface area contributed by atoms with Gasteiger partial charge in [-0.1, -0.05) is 57.9 Å². The Bertz CT molecular complexity index is 1140. The molecule has 0 atom stereocenters. The lowest BCUT2D eigenvalue weighted by Gasteiger charge is -2.08. The molecular weight excluding hydrogens is 440 g/mol. The van der Waals surface area contributed by atoms with E-state index in [-0.39, 0.29) is 5.91 Å². The first-order valence-corrected chi connectivity index (χ1v) is 9.60. The Labute approximate surface area is 174 Å². The lowest BCUT2D eigenvalue weighted by Crippen LogP contribution is -2.13. The van der Waals surface area contributed by atoms with Crippen LogP contribution in [0.2, 0.25) is 5.02 Å². The van der Waals surface area contributed by atoms with Gasteiger partial charge in [0.1, 0.15) is 11.5 Å². The van der Waals surface area contributed by atoms with E-state index in [1.807, 2.05) is 30.3 Å². The highest BCUT2D eigenvalue weighted by molar-refractivity contribution is 9.10. The number of nitrogens with one attached hydrogen (secondary N) is 2. The monoisotopic (exact) mass is 452 g/mol. The van der Waals surface area contributed by atoms with E-state index in [4.69, 9.17) is 11.6 Å². The third kappa shape index (κ3) is 3.98. The maximum atomic E-state index is 12.4. The van der Waals surface area contributed by atoms with E-state index in [0.717, 1.165) is 15.7 Å². The van der Waals surface area contributed by atoms with Crippen LogP contribution in [0.5, 0.6) is 0 Å². The molecular formula is C21H14BrClN4O. The fourth-order valence-electron chi connectivity index (χ4n) is 2.73. The Morgan fingerprint density at radius 2 is 1.86 bits per heavy atom. The number of pyridine rings is 1. The van der Waals surface area contributed by atoms with Gasteiger partial charge >= 0.3 is 0 Å². The van der Waals surface area contributed by atoms with Crippen molar-refractivity contribution in [3.63, 3.8) is 0 Å². The van der Waals surface area contributed by atoms with Crippen molar-refractivity contribution in [3.05, 3.63) is 88.2 Å². The van der Waals surface area contributed by atoms with Gasteiger partial charge in [0, 0.05) is 21.9 Å². The smallest absolute Gasteiger partial charge is 0.274 e. The second-order valence-electron chi connectivity index (χ2n) is 6.02. The minimum absolute atomic E-state index is 0.306. The lowest BCUT2D eigenvalue weighted by molar-refractivity contribution is 0.102. The summed E-state index contributed by atoms with van der Waals surface area (Å²) in [5.41, 5.74) is 3.53. The first kappa shape index (κ1) is 18.4. The molecule has 1 amide bonds. The van der Waals surface area contributed by atoms with Gasteiger partial charge in [0.05, 0.1) is 16.9 Å². The van der Waals surface area contributed by atoms with Gasteiger partial charge in [-0.15, -0.1) is 0 Å². The standard InChI is InChI=1S/C21H14BrClN4O/c22-14-8-9-24-18(10-14)21(28)26-15-6-7-17(23)16(11-15)20-25-12-19(27-20)13-4-2-1-3-5-13/h1-12H,(H,25,27)(H,26,28). The van der Waals surface area contributed by atoms with Gasteiger partial charge in [-0.3, -0.25) is 9.78 Å². The zero-order chi connectivity index (χ0) is 19.5. The summed E-state index contributed by atoms with van der Waals surface area (Å²) in [4.78, 5) is 24.2. The van der Waals surface area contributed by atoms with Gasteiger partial charge < -0.3 is 10.3 Å². The third-order valence-corrected chi connectivity index (χ3v) is 4.92. The van der Waals surface area contributed by atoms with E-state index >= 15 is 0 Å². The number of hydrogen-bond donors (Lipinski definition) is 2. The molecule has 138 valence electrons. The minimum Gasteiger partial charge on any atom is -0.338 e. The first-order valence-electron chi connectivity index (χ1n) is 8.43. The van der Waals surface area contributed by atoms with Gasteiger partial charge in [-0.2, -0.15) is 0 Å². The molecule has 0 radical (unpaired) electrons. The van der Waals surface area contributed by atoms with Crippen molar-refractivity contribution in [2.24, 2.45) is 0 Å². The molecule has 0 aliphatic rings. The van der Waals surface area contributed by atoms with Gasteiger partial charge in [-0.25, -0.2) is 4.98 Å². The largest absolute Gasteiger partial charge is 0.338 e. The summed E-state index contributed by atoms with van der Waals surface area (Å²) < 4.78 is 0.786. The molecule has 0 spiro atoms. The molecule has 0 fully saturated rings. The number of hydrogen-bond acceptors (Lipinski definition) is 3. The van der Waals surface area contributed by atoms with Gasteiger partial charge in [0.25, 0.3) is 5.91 Å². The number of imidazole rings is 1. The van der Waals surface area contributed by atoms with Crippen LogP contribution in [0.3, 0.4) is 0 Å². The van der Waals surface area contributed by atoms with Crippen LogP contribution in [0.25, 0.3) is 22.6 Å². The molecule has 2 aromatic heterocycles. The Hall–Kier alpha value is -2.96. The Balaban J connectivity index is 1.61. The number of nitrogens with zero attached hydrogens (tertiary/aromatic N) is 2. The molecule has 0 saturated heterocycles. The van der Waals surface area contributed by atoms with Crippen molar-refractivity contribution in [1.29, 1.82) is 0 Å². The average molecular weight is 454 g/mol. The van der Waals surface area contributed by atoms with Crippen LogP contribution in [-0.4, -0.2) is 20.9 Å². The summed E-state index contributed by atoms with van der Waals surface area (Å²) in [6.07, 6.45) is 3.33. The fraction of sp³-hybridized carbons (Fsp3) is 0. The third-order valence-electron chi connectivity index (χ3n) is 4.09. The van der Waals surface area contributed by atoms with E-state index in [1.54, 1.807) is 42.7 Å². The number of benzene rings is 2. The Kier molecular flexibility index (Phi) is 5.23. The molecule has 4 aromatic rings. The SMILES string of the molecule is O=C(Nc1ccc(Cl)c(-c2ncc(-c3ccccc3)[nH]2)c1)c1cc(Br)ccn1. The van der Waals surface area contributed by atoms with E-state index in [2.05, 4.69) is 36.2 Å². The van der Waals surface area contributed by atoms with Gasteiger partial charge in [0.15, 0.2) is 0 Å². The number of amides is 1. The van der Waals surface area contributed by atoms with Crippen LogP contribution in [0.4, 0.5) is 5.69 Å². The Morgan fingerprint density at radius 3 is 2.64 bits per heavy atom. The van der Waals surface area contributed by atoms with Crippen molar-refractivity contribution in [1.82, 2.24) is 15.0 Å². The second-order valence-corrected chi connectivity index (χ2v) is 7.34. The molecule has 0 aliphatic carbocycles. The molecule has 0 bridgehead atoms. The average Bonchev–Trinajstić information content (AvgIpc) is 3.20. The van der Waals surface area contributed by atoms with Crippen molar-refractivity contribution in [3.8, 4) is 22.6 Å². The number of anilines is 1. The number of rotatable bonds is 4. The molecule has 0 unspecified atom stereocenters. The molecule has 5 nitrogen and oxygen atoms in total. The summed E-state index contributed by atoms with van der Waals surface area (Å²) in [7, 11) is 0. The van der Waals surface area contributed by atoms with E-state index < -0.39 is 0 Å². The number of aromatic nitrogens is 3. The minimum atomic E-state index is -0.306. The molecule has 2 aromatic carbocycles. The van der Waals surface area contributed by atoms with Gasteiger partial charge in [-0.05, 0) is 35.9 Å². The molecule has 2 N–H and O–H groups in total. The number of aromatic amines is 1. The van der Waals surface area contributed by atoms with Crippen molar-refractivity contribution < 1.29 is 4.79 Å². The summed E-state index contributed by atoms with van der Waals surface area (Å²) in [6, 6.07) is 18.6. The summed E-state index contributed by atoms with van der Waals surface area (Å²) in [5.74, 6) is 0.319. The van der Waals surface area contributed by atoms with E-state index in [1.165, 1.54) is 0 Å². The predicted molar refractivity (Wildman–Crippen MR) is 114 cm³/mol. The molecule has 0 saturated carbocycles. The van der Waals surface area contributed by atoms with Crippen molar-refractivity contribution in [2.45, 2.75) is 0 Å². The van der Waals surface area contributed by atoms with Crippen molar-refractivity contribution >= 4 is 39.1 Å². The van der Waals surface area contributed by atoms with Crippen LogP contribution in [0.1, 0.15) is 10.5 Å². The zero-order valence-corrected chi connectivity index (χ0v) is 16.8. The summed E-state index contributed by atoms with van der Waals surface area (Å²) in [6.45, 7) is 0. The predicted octanol–water partition coefficient (Wildman–Crippen LogP) is 5.81. The van der Waals surface area contributed by atoms with Crippen LogP contribution in [0, 0.1) is 0 Å². The lowest BCUT2D eigenvalue weighted by atomic mass is 10.1. The number of carbonyl (C=O) groups excluding carboxylic acids is 1.